The Kier molecular flexibility index (Phi) is 4.46. The minimum absolute atomic E-state index is 0.104. The number of aryl methyl sites for hydroxylation is 1. The first-order chi connectivity index (χ1) is 9.19. The van der Waals surface area contributed by atoms with Gasteiger partial charge in [0.1, 0.15) is 5.82 Å². The molecule has 1 amide bonds. The van der Waals surface area contributed by atoms with Crippen LogP contribution in [0.5, 0.6) is 0 Å². The Labute approximate surface area is 116 Å². The molecule has 0 aliphatic rings. The third-order valence-corrected chi connectivity index (χ3v) is 3.39. The van der Waals surface area contributed by atoms with Gasteiger partial charge in [0.2, 0.25) is 0 Å². The highest BCUT2D eigenvalue weighted by Gasteiger charge is 2.07. The van der Waals surface area contributed by atoms with Gasteiger partial charge in [-0.15, -0.1) is 11.3 Å². The van der Waals surface area contributed by atoms with E-state index in [4.69, 9.17) is 0 Å². The van der Waals surface area contributed by atoms with Crippen molar-refractivity contribution in [3.8, 4) is 0 Å². The number of aromatic nitrogens is 2. The van der Waals surface area contributed by atoms with Crippen molar-refractivity contribution in [2.75, 3.05) is 11.9 Å². The normalized spacial score (nSPS) is 10.2. The van der Waals surface area contributed by atoms with E-state index in [2.05, 4.69) is 20.6 Å². The molecule has 0 aromatic carbocycles. The number of rotatable bonds is 5. The van der Waals surface area contributed by atoms with E-state index >= 15 is 0 Å². The number of nitrogens with zero attached hydrogens (tertiary/aromatic N) is 2. The highest BCUT2D eigenvalue weighted by molar-refractivity contribution is 7.11. The molecule has 2 rings (SSSR count). The molecule has 5 nitrogen and oxygen atoms in total. The fourth-order valence-electron chi connectivity index (χ4n) is 1.61. The van der Waals surface area contributed by atoms with Crippen molar-refractivity contribution in [1.29, 1.82) is 0 Å². The molecule has 0 spiro atoms. The first-order valence-corrected chi connectivity index (χ1v) is 6.90. The zero-order chi connectivity index (χ0) is 13.7. The monoisotopic (exact) mass is 276 g/mol. The van der Waals surface area contributed by atoms with E-state index in [9.17, 15) is 4.79 Å². The molecular formula is C13H16N4OS. The van der Waals surface area contributed by atoms with Gasteiger partial charge in [-0.3, -0.25) is 4.79 Å². The Bertz CT molecular complexity index is 567. The summed E-state index contributed by atoms with van der Waals surface area (Å²) in [6.45, 7) is 5.21. The van der Waals surface area contributed by atoms with Gasteiger partial charge in [-0.05, 0) is 26.0 Å². The Morgan fingerprint density at radius 1 is 1.42 bits per heavy atom. The van der Waals surface area contributed by atoms with Crippen molar-refractivity contribution >= 4 is 23.1 Å². The zero-order valence-electron chi connectivity index (χ0n) is 10.9. The van der Waals surface area contributed by atoms with Gasteiger partial charge in [-0.1, -0.05) is 0 Å². The van der Waals surface area contributed by atoms with Crippen LogP contribution in [-0.2, 0) is 6.54 Å². The van der Waals surface area contributed by atoms with Crippen LogP contribution in [0.3, 0.4) is 0 Å². The molecule has 0 saturated carbocycles. The molecule has 0 fully saturated rings. The molecular weight excluding hydrogens is 260 g/mol. The lowest BCUT2D eigenvalue weighted by Crippen LogP contribution is -2.22. The molecule has 0 bridgehead atoms. The number of anilines is 1. The molecule has 2 N–H and O–H groups in total. The maximum atomic E-state index is 12.0. The van der Waals surface area contributed by atoms with Gasteiger partial charge in [0, 0.05) is 29.4 Å². The van der Waals surface area contributed by atoms with Crippen molar-refractivity contribution in [3.05, 3.63) is 40.0 Å². The van der Waals surface area contributed by atoms with Crippen LogP contribution in [0.2, 0.25) is 0 Å². The number of hydrogen-bond donors (Lipinski definition) is 2. The molecule has 2 aromatic rings. The second-order valence-corrected chi connectivity index (χ2v) is 5.31. The standard InChI is InChI=1S/C13H16N4OS/c1-3-14-12-6-10(4-5-15-12)13(18)17-8-11-7-16-9(2)19-11/h4-7H,3,8H2,1-2H3,(H,14,15)(H,17,18). The molecule has 0 unspecified atom stereocenters. The fourth-order valence-corrected chi connectivity index (χ4v) is 2.34. The van der Waals surface area contributed by atoms with Crippen LogP contribution in [0.25, 0.3) is 0 Å². The van der Waals surface area contributed by atoms with E-state index in [1.54, 1.807) is 35.9 Å². The summed E-state index contributed by atoms with van der Waals surface area (Å²) < 4.78 is 0. The first kappa shape index (κ1) is 13.5. The zero-order valence-corrected chi connectivity index (χ0v) is 11.8. The fraction of sp³-hybridized carbons (Fsp3) is 0.308. The van der Waals surface area contributed by atoms with Crippen LogP contribution in [0.4, 0.5) is 5.82 Å². The first-order valence-electron chi connectivity index (χ1n) is 6.08. The van der Waals surface area contributed by atoms with E-state index in [1.807, 2.05) is 13.8 Å². The quantitative estimate of drug-likeness (QED) is 0.878. The van der Waals surface area contributed by atoms with Crippen LogP contribution in [0.15, 0.2) is 24.5 Å². The van der Waals surface area contributed by atoms with Gasteiger partial charge in [-0.25, -0.2) is 9.97 Å². The summed E-state index contributed by atoms with van der Waals surface area (Å²) in [5.41, 5.74) is 0.604. The maximum Gasteiger partial charge on any atom is 0.251 e. The summed E-state index contributed by atoms with van der Waals surface area (Å²) >= 11 is 1.59. The molecule has 0 saturated heterocycles. The second-order valence-electron chi connectivity index (χ2n) is 3.99. The number of pyridine rings is 1. The highest BCUT2D eigenvalue weighted by atomic mass is 32.1. The highest BCUT2D eigenvalue weighted by Crippen LogP contribution is 2.11. The van der Waals surface area contributed by atoms with Crippen LogP contribution >= 0.6 is 11.3 Å². The van der Waals surface area contributed by atoms with Crippen molar-refractivity contribution in [3.63, 3.8) is 0 Å². The van der Waals surface area contributed by atoms with E-state index in [0.717, 1.165) is 16.4 Å². The number of hydrogen-bond acceptors (Lipinski definition) is 5. The molecule has 0 radical (unpaired) electrons. The van der Waals surface area contributed by atoms with Gasteiger partial charge in [0.05, 0.1) is 11.6 Å². The second kappa shape index (κ2) is 6.29. The lowest BCUT2D eigenvalue weighted by atomic mass is 10.2. The molecule has 2 heterocycles. The molecule has 0 aliphatic carbocycles. The maximum absolute atomic E-state index is 12.0. The Morgan fingerprint density at radius 3 is 2.95 bits per heavy atom. The summed E-state index contributed by atoms with van der Waals surface area (Å²) in [5, 5.41) is 6.96. The molecule has 2 aromatic heterocycles. The smallest absolute Gasteiger partial charge is 0.251 e. The van der Waals surface area contributed by atoms with Crippen LogP contribution in [0.1, 0.15) is 27.2 Å². The summed E-state index contributed by atoms with van der Waals surface area (Å²) in [4.78, 5) is 21.3. The number of carbonyl (C=O) groups is 1. The third-order valence-electron chi connectivity index (χ3n) is 2.47. The Hall–Kier alpha value is -1.95. The van der Waals surface area contributed by atoms with Crippen molar-refractivity contribution in [2.24, 2.45) is 0 Å². The third kappa shape index (κ3) is 3.75. The summed E-state index contributed by atoms with van der Waals surface area (Å²) in [7, 11) is 0. The van der Waals surface area contributed by atoms with E-state index < -0.39 is 0 Å². The van der Waals surface area contributed by atoms with E-state index in [-0.39, 0.29) is 5.91 Å². The number of carbonyl (C=O) groups excluding carboxylic acids is 1. The molecule has 100 valence electrons. The predicted molar refractivity (Wildman–Crippen MR) is 76.4 cm³/mol. The summed E-state index contributed by atoms with van der Waals surface area (Å²) in [6.07, 6.45) is 3.42. The van der Waals surface area contributed by atoms with Gasteiger partial charge in [-0.2, -0.15) is 0 Å². The van der Waals surface area contributed by atoms with Gasteiger partial charge in [0.15, 0.2) is 0 Å². The number of thiazole rings is 1. The summed E-state index contributed by atoms with van der Waals surface area (Å²) in [5.74, 6) is 0.608. The molecule has 19 heavy (non-hydrogen) atoms. The molecule has 0 aliphatic heterocycles. The number of nitrogens with one attached hydrogen (secondary N) is 2. The molecule has 0 atom stereocenters. The van der Waals surface area contributed by atoms with Crippen LogP contribution < -0.4 is 10.6 Å². The minimum atomic E-state index is -0.104. The van der Waals surface area contributed by atoms with Gasteiger partial charge in [0.25, 0.3) is 5.91 Å². The Balaban J connectivity index is 1.97. The van der Waals surface area contributed by atoms with Crippen molar-refractivity contribution < 1.29 is 4.79 Å². The minimum Gasteiger partial charge on any atom is -0.370 e. The lowest BCUT2D eigenvalue weighted by molar-refractivity contribution is 0.0951. The SMILES string of the molecule is CCNc1cc(C(=O)NCc2cnc(C)s2)ccn1. The van der Waals surface area contributed by atoms with Crippen LogP contribution in [0, 0.1) is 6.92 Å². The van der Waals surface area contributed by atoms with E-state index in [0.29, 0.717) is 17.9 Å². The number of amides is 1. The van der Waals surface area contributed by atoms with E-state index in [1.165, 1.54) is 0 Å². The topological polar surface area (TPSA) is 66.9 Å². The average molecular weight is 276 g/mol. The molecule has 6 heteroatoms. The predicted octanol–water partition coefficient (Wildman–Crippen LogP) is 2.21. The largest absolute Gasteiger partial charge is 0.370 e. The van der Waals surface area contributed by atoms with Crippen molar-refractivity contribution in [2.45, 2.75) is 20.4 Å². The van der Waals surface area contributed by atoms with Crippen LogP contribution in [-0.4, -0.2) is 22.4 Å². The van der Waals surface area contributed by atoms with Crippen molar-refractivity contribution in [1.82, 2.24) is 15.3 Å². The summed E-state index contributed by atoms with van der Waals surface area (Å²) in [6, 6.07) is 3.45. The van der Waals surface area contributed by atoms with Gasteiger partial charge < -0.3 is 10.6 Å². The lowest BCUT2D eigenvalue weighted by Gasteiger charge is -2.06. The average Bonchev–Trinajstić information content (AvgIpc) is 2.82. The Morgan fingerprint density at radius 2 is 2.26 bits per heavy atom. The van der Waals surface area contributed by atoms with Gasteiger partial charge >= 0.3 is 0 Å².